The third-order valence-corrected chi connectivity index (χ3v) is 1.25. The first kappa shape index (κ1) is 6.24. The summed E-state index contributed by atoms with van der Waals surface area (Å²) in [5, 5.41) is 0. The van der Waals surface area contributed by atoms with E-state index < -0.39 is 0 Å². The topological polar surface area (TPSA) is 17.2 Å². The van der Waals surface area contributed by atoms with Crippen LogP contribution in [0.5, 0.6) is 0 Å². The van der Waals surface area contributed by atoms with E-state index in [4.69, 9.17) is 6.57 Å². The Morgan fingerprint density at radius 2 is 2.33 bits per heavy atom. The lowest BCUT2D eigenvalue weighted by Crippen LogP contribution is -1.67. The molecule has 0 saturated carbocycles. The van der Waals surface area contributed by atoms with Crippen LogP contribution >= 0.6 is 15.9 Å². The van der Waals surface area contributed by atoms with E-state index in [0.29, 0.717) is 5.69 Å². The summed E-state index contributed by atoms with van der Waals surface area (Å²) in [5.74, 6) is 0. The molecule has 1 rings (SSSR count). The SMILES string of the molecule is [C-]#[N+]c1cncc(Br)c1. The molecule has 1 aromatic heterocycles. The second-order valence-corrected chi connectivity index (χ2v) is 2.39. The van der Waals surface area contributed by atoms with Gasteiger partial charge in [-0.2, -0.15) is 0 Å². The quantitative estimate of drug-likeness (QED) is 0.564. The van der Waals surface area contributed by atoms with Crippen molar-refractivity contribution in [1.29, 1.82) is 0 Å². The van der Waals surface area contributed by atoms with Gasteiger partial charge in [0, 0.05) is 16.9 Å². The number of rotatable bonds is 0. The van der Waals surface area contributed by atoms with Gasteiger partial charge in [0.15, 0.2) is 0 Å². The van der Waals surface area contributed by atoms with Gasteiger partial charge < -0.3 is 0 Å². The first-order valence-electron chi connectivity index (χ1n) is 2.31. The maximum absolute atomic E-state index is 6.60. The average Bonchev–Trinajstić information content (AvgIpc) is 1.88. The summed E-state index contributed by atoms with van der Waals surface area (Å²) in [6, 6.07) is 1.72. The zero-order valence-electron chi connectivity index (χ0n) is 4.50. The van der Waals surface area contributed by atoms with Crippen molar-refractivity contribution in [2.24, 2.45) is 0 Å². The summed E-state index contributed by atoms with van der Waals surface area (Å²) < 4.78 is 0.844. The summed E-state index contributed by atoms with van der Waals surface area (Å²) in [7, 11) is 0. The Balaban J connectivity index is 3.12. The van der Waals surface area contributed by atoms with E-state index in [1.165, 1.54) is 6.20 Å². The number of hydrogen-bond acceptors (Lipinski definition) is 1. The Labute approximate surface area is 61.5 Å². The molecule has 0 atom stereocenters. The highest BCUT2D eigenvalue weighted by Crippen LogP contribution is 2.15. The Bertz CT molecular complexity index is 251. The predicted octanol–water partition coefficient (Wildman–Crippen LogP) is 2.39. The summed E-state index contributed by atoms with van der Waals surface area (Å²) in [4.78, 5) is 6.98. The first-order chi connectivity index (χ1) is 4.33. The third kappa shape index (κ3) is 1.51. The van der Waals surface area contributed by atoms with Crippen molar-refractivity contribution >= 4 is 21.6 Å². The van der Waals surface area contributed by atoms with E-state index >= 15 is 0 Å². The molecular weight excluding hydrogens is 180 g/mol. The van der Waals surface area contributed by atoms with Gasteiger partial charge in [0.2, 0.25) is 5.69 Å². The maximum atomic E-state index is 6.60. The van der Waals surface area contributed by atoms with Gasteiger partial charge in [-0.25, -0.2) is 4.85 Å². The van der Waals surface area contributed by atoms with E-state index in [1.54, 1.807) is 12.3 Å². The van der Waals surface area contributed by atoms with E-state index in [2.05, 4.69) is 25.8 Å². The highest BCUT2D eigenvalue weighted by Gasteiger charge is 1.89. The van der Waals surface area contributed by atoms with Gasteiger partial charge in [0.05, 0.1) is 6.57 Å². The standard InChI is InChI=1S/C6H3BrN2/c1-8-6-2-5(7)3-9-4-6/h2-4H. The molecule has 0 unspecified atom stereocenters. The summed E-state index contributed by atoms with van der Waals surface area (Å²) >= 11 is 3.20. The van der Waals surface area contributed by atoms with Gasteiger partial charge in [0.1, 0.15) is 0 Å². The van der Waals surface area contributed by atoms with Crippen LogP contribution in [-0.4, -0.2) is 4.98 Å². The molecule has 0 fully saturated rings. The van der Waals surface area contributed by atoms with Crippen LogP contribution in [0.3, 0.4) is 0 Å². The molecule has 0 aliphatic rings. The van der Waals surface area contributed by atoms with Crippen molar-refractivity contribution in [2.75, 3.05) is 0 Å². The fourth-order valence-corrected chi connectivity index (χ4v) is 0.815. The summed E-state index contributed by atoms with van der Waals surface area (Å²) in [6.45, 7) is 6.60. The van der Waals surface area contributed by atoms with Crippen molar-refractivity contribution in [2.45, 2.75) is 0 Å². The van der Waals surface area contributed by atoms with Crippen LogP contribution in [0, 0.1) is 6.57 Å². The van der Waals surface area contributed by atoms with Crippen molar-refractivity contribution in [1.82, 2.24) is 4.98 Å². The maximum Gasteiger partial charge on any atom is 0.206 e. The second kappa shape index (κ2) is 2.60. The molecule has 0 aliphatic heterocycles. The van der Waals surface area contributed by atoms with E-state index in [9.17, 15) is 0 Å². The predicted molar refractivity (Wildman–Crippen MR) is 38.2 cm³/mol. The molecule has 0 radical (unpaired) electrons. The number of pyridine rings is 1. The highest BCUT2D eigenvalue weighted by molar-refractivity contribution is 9.10. The van der Waals surface area contributed by atoms with Gasteiger partial charge in [0.25, 0.3) is 0 Å². The molecule has 1 aromatic rings. The van der Waals surface area contributed by atoms with Crippen LogP contribution < -0.4 is 0 Å². The van der Waals surface area contributed by atoms with Gasteiger partial charge >= 0.3 is 0 Å². The zero-order chi connectivity index (χ0) is 6.69. The van der Waals surface area contributed by atoms with Gasteiger partial charge in [-0.1, -0.05) is 15.9 Å². The molecular formula is C6H3BrN2. The molecule has 44 valence electrons. The Kier molecular flexibility index (Phi) is 1.81. The fraction of sp³-hybridized carbons (Fsp3) is 0. The Morgan fingerprint density at radius 3 is 2.78 bits per heavy atom. The van der Waals surface area contributed by atoms with Crippen molar-refractivity contribution in [3.8, 4) is 0 Å². The summed E-state index contributed by atoms with van der Waals surface area (Å²) in [6.07, 6.45) is 3.17. The van der Waals surface area contributed by atoms with E-state index in [1.807, 2.05) is 0 Å². The van der Waals surface area contributed by atoms with Crippen LogP contribution in [0.1, 0.15) is 0 Å². The average molecular weight is 183 g/mol. The number of hydrogen-bond donors (Lipinski definition) is 0. The van der Waals surface area contributed by atoms with E-state index in [-0.39, 0.29) is 0 Å². The lowest BCUT2D eigenvalue weighted by atomic mass is 10.4. The lowest BCUT2D eigenvalue weighted by Gasteiger charge is -1.86. The third-order valence-electron chi connectivity index (χ3n) is 0.820. The minimum atomic E-state index is 0.560. The fourth-order valence-electron chi connectivity index (χ4n) is 0.462. The molecule has 0 amide bonds. The smallest absolute Gasteiger partial charge is 0.206 e. The number of halogens is 1. The molecule has 0 N–H and O–H groups in total. The molecule has 0 saturated heterocycles. The Morgan fingerprint density at radius 1 is 1.56 bits per heavy atom. The molecule has 0 bridgehead atoms. The molecule has 2 nitrogen and oxygen atoms in total. The van der Waals surface area contributed by atoms with Gasteiger partial charge in [-0.15, -0.1) is 0 Å². The normalized spacial score (nSPS) is 8.44. The molecule has 0 aromatic carbocycles. The van der Waals surface area contributed by atoms with Crippen LogP contribution in [0.2, 0.25) is 0 Å². The van der Waals surface area contributed by atoms with Crippen LogP contribution in [-0.2, 0) is 0 Å². The zero-order valence-corrected chi connectivity index (χ0v) is 6.09. The Hall–Kier alpha value is -0.880. The minimum Gasteiger partial charge on any atom is -0.275 e. The second-order valence-electron chi connectivity index (χ2n) is 1.47. The molecule has 0 aliphatic carbocycles. The van der Waals surface area contributed by atoms with Gasteiger partial charge in [-0.05, 0) is 6.07 Å². The van der Waals surface area contributed by atoms with Crippen molar-refractivity contribution in [3.05, 3.63) is 34.3 Å². The van der Waals surface area contributed by atoms with Crippen molar-refractivity contribution < 1.29 is 0 Å². The lowest BCUT2D eigenvalue weighted by molar-refractivity contribution is 1.32. The highest BCUT2D eigenvalue weighted by atomic mass is 79.9. The van der Waals surface area contributed by atoms with E-state index in [0.717, 1.165) is 4.47 Å². The number of aromatic nitrogens is 1. The minimum absolute atomic E-state index is 0.560. The van der Waals surface area contributed by atoms with Crippen LogP contribution in [0.4, 0.5) is 5.69 Å². The van der Waals surface area contributed by atoms with Gasteiger partial charge in [-0.3, -0.25) is 4.98 Å². The van der Waals surface area contributed by atoms with Crippen LogP contribution in [0.15, 0.2) is 22.9 Å². The first-order valence-corrected chi connectivity index (χ1v) is 3.10. The monoisotopic (exact) mass is 182 g/mol. The summed E-state index contributed by atoms with van der Waals surface area (Å²) in [5.41, 5.74) is 0.560. The number of nitrogens with zero attached hydrogens (tertiary/aromatic N) is 2. The molecule has 1 heterocycles. The molecule has 0 spiro atoms. The van der Waals surface area contributed by atoms with Crippen LogP contribution in [0.25, 0.3) is 4.85 Å². The largest absolute Gasteiger partial charge is 0.275 e. The molecule has 3 heteroatoms. The van der Waals surface area contributed by atoms with Crippen molar-refractivity contribution in [3.63, 3.8) is 0 Å². The molecule has 9 heavy (non-hydrogen) atoms.